The fourth-order valence-corrected chi connectivity index (χ4v) is 1.84. The summed E-state index contributed by atoms with van der Waals surface area (Å²) in [6.07, 6.45) is -0.730. The first-order valence-electron chi connectivity index (χ1n) is 5.93. The number of aryl methyl sites for hydroxylation is 1. The third-order valence-electron chi connectivity index (χ3n) is 2.83. The van der Waals surface area contributed by atoms with Crippen molar-refractivity contribution in [3.63, 3.8) is 0 Å². The number of carbonyl (C=O) groups excluding carboxylic acids is 1. The van der Waals surface area contributed by atoms with Crippen LogP contribution in [0.4, 0.5) is 0 Å². The van der Waals surface area contributed by atoms with E-state index < -0.39 is 17.7 Å². The molecule has 0 amide bonds. The molecule has 1 aromatic carbocycles. The number of aliphatic carboxylic acids is 1. The Hall–Kier alpha value is -2.30. The number of carbonyl (C=O) groups is 1. The minimum atomic E-state index is -1.27. The van der Waals surface area contributed by atoms with Crippen LogP contribution in [0.2, 0.25) is 0 Å². The van der Waals surface area contributed by atoms with Gasteiger partial charge in [-0.3, -0.25) is 0 Å². The van der Waals surface area contributed by atoms with Crippen LogP contribution in [0.5, 0.6) is 5.75 Å². The topological polar surface area (TPSA) is 79.6 Å². The first-order chi connectivity index (χ1) is 9.01. The van der Waals surface area contributed by atoms with Crippen molar-refractivity contribution in [2.75, 3.05) is 0 Å². The lowest BCUT2D eigenvalue weighted by atomic mass is 10.1. The van der Waals surface area contributed by atoms with Crippen LogP contribution >= 0.6 is 0 Å². The van der Waals surface area contributed by atoms with Gasteiger partial charge in [0.15, 0.2) is 0 Å². The van der Waals surface area contributed by atoms with Crippen LogP contribution in [0.3, 0.4) is 0 Å². The molecular formula is C14H13O5-. The molecule has 0 fully saturated rings. The van der Waals surface area contributed by atoms with E-state index in [9.17, 15) is 14.7 Å². The second-order valence-corrected chi connectivity index (χ2v) is 4.24. The summed E-state index contributed by atoms with van der Waals surface area (Å²) in [5, 5.41) is 11.6. The second-order valence-electron chi connectivity index (χ2n) is 4.24. The third kappa shape index (κ3) is 2.76. The molecule has 1 heterocycles. The summed E-state index contributed by atoms with van der Waals surface area (Å²) in [6, 6.07) is 6.28. The number of ether oxygens (including phenoxy) is 1. The number of carboxylic acids is 1. The molecule has 1 atom stereocenters. The second kappa shape index (κ2) is 5.14. The highest BCUT2D eigenvalue weighted by Gasteiger charge is 2.10. The van der Waals surface area contributed by atoms with Crippen molar-refractivity contribution < 1.29 is 19.1 Å². The van der Waals surface area contributed by atoms with Crippen LogP contribution in [0.15, 0.2) is 33.5 Å². The minimum absolute atomic E-state index is 0.290. The molecular weight excluding hydrogens is 248 g/mol. The Labute approximate surface area is 109 Å². The number of hydrogen-bond acceptors (Lipinski definition) is 5. The van der Waals surface area contributed by atoms with Crippen LogP contribution < -0.4 is 15.5 Å². The van der Waals surface area contributed by atoms with Gasteiger partial charge in [-0.1, -0.05) is 6.92 Å². The molecule has 0 unspecified atom stereocenters. The number of benzene rings is 1. The predicted molar refractivity (Wildman–Crippen MR) is 66.9 cm³/mol. The molecule has 0 saturated heterocycles. The van der Waals surface area contributed by atoms with Crippen LogP contribution in [-0.2, 0) is 4.79 Å². The SMILES string of the molecule is CC[C@H](Oc1ccc2c(C)cc(=O)oc2c1)C(=O)[O-]. The van der Waals surface area contributed by atoms with Crippen molar-refractivity contribution >= 4 is 16.9 Å². The highest BCUT2D eigenvalue weighted by molar-refractivity contribution is 5.81. The van der Waals surface area contributed by atoms with Crippen molar-refractivity contribution in [3.8, 4) is 5.75 Å². The fraction of sp³-hybridized carbons (Fsp3) is 0.286. The molecule has 1 aromatic heterocycles. The number of fused-ring (bicyclic) bond motifs is 1. The van der Waals surface area contributed by atoms with E-state index in [1.807, 2.05) is 0 Å². The van der Waals surface area contributed by atoms with E-state index in [-0.39, 0.29) is 6.42 Å². The molecule has 0 radical (unpaired) electrons. The van der Waals surface area contributed by atoms with E-state index in [2.05, 4.69) is 0 Å². The highest BCUT2D eigenvalue weighted by Crippen LogP contribution is 2.23. The van der Waals surface area contributed by atoms with E-state index in [1.165, 1.54) is 12.1 Å². The maximum absolute atomic E-state index is 11.3. The summed E-state index contributed by atoms with van der Waals surface area (Å²) in [4.78, 5) is 22.1. The summed E-state index contributed by atoms with van der Waals surface area (Å²) in [6.45, 7) is 3.49. The third-order valence-corrected chi connectivity index (χ3v) is 2.83. The lowest BCUT2D eigenvalue weighted by Crippen LogP contribution is -2.39. The first-order valence-corrected chi connectivity index (χ1v) is 5.93. The molecule has 0 N–H and O–H groups in total. The van der Waals surface area contributed by atoms with Gasteiger partial charge in [-0.25, -0.2) is 4.79 Å². The number of hydrogen-bond donors (Lipinski definition) is 0. The molecule has 100 valence electrons. The van der Waals surface area contributed by atoms with Crippen molar-refractivity contribution in [2.45, 2.75) is 26.4 Å². The Bertz CT molecular complexity index is 671. The van der Waals surface area contributed by atoms with Crippen molar-refractivity contribution in [2.24, 2.45) is 0 Å². The molecule has 0 aliphatic carbocycles. The molecule has 0 aliphatic rings. The fourth-order valence-electron chi connectivity index (χ4n) is 1.84. The summed E-state index contributed by atoms with van der Waals surface area (Å²) in [7, 11) is 0. The first kappa shape index (κ1) is 13.1. The molecule has 5 heteroatoms. The van der Waals surface area contributed by atoms with E-state index in [4.69, 9.17) is 9.15 Å². The van der Waals surface area contributed by atoms with Gasteiger partial charge in [0.2, 0.25) is 0 Å². The molecule has 5 nitrogen and oxygen atoms in total. The predicted octanol–water partition coefficient (Wildman–Crippen LogP) is 1.01. The average molecular weight is 261 g/mol. The van der Waals surface area contributed by atoms with Gasteiger partial charge in [-0.05, 0) is 31.0 Å². The largest absolute Gasteiger partial charge is 0.546 e. The number of carboxylic acid groups (broad SMARTS) is 1. The smallest absolute Gasteiger partial charge is 0.336 e. The average Bonchev–Trinajstić information content (AvgIpc) is 2.34. The van der Waals surface area contributed by atoms with E-state index in [0.29, 0.717) is 11.3 Å². The maximum Gasteiger partial charge on any atom is 0.336 e. The molecule has 0 spiro atoms. The summed E-state index contributed by atoms with van der Waals surface area (Å²) in [5.74, 6) is -0.939. The van der Waals surface area contributed by atoms with Gasteiger partial charge < -0.3 is 19.1 Å². The Morgan fingerprint density at radius 1 is 1.42 bits per heavy atom. The lowest BCUT2D eigenvalue weighted by Gasteiger charge is -2.18. The van der Waals surface area contributed by atoms with Crippen molar-refractivity contribution in [3.05, 3.63) is 40.2 Å². The Kier molecular flexibility index (Phi) is 3.55. The summed E-state index contributed by atoms with van der Waals surface area (Å²) in [5.41, 5.74) is 0.717. The Morgan fingerprint density at radius 3 is 2.79 bits per heavy atom. The zero-order chi connectivity index (χ0) is 14.0. The lowest BCUT2D eigenvalue weighted by molar-refractivity contribution is -0.313. The highest BCUT2D eigenvalue weighted by atomic mass is 16.5. The Morgan fingerprint density at radius 2 is 2.16 bits per heavy atom. The van der Waals surface area contributed by atoms with Gasteiger partial charge in [0, 0.05) is 17.5 Å². The zero-order valence-corrected chi connectivity index (χ0v) is 10.6. The molecule has 19 heavy (non-hydrogen) atoms. The molecule has 2 rings (SSSR count). The van der Waals surface area contributed by atoms with Gasteiger partial charge in [0.1, 0.15) is 17.4 Å². The number of rotatable bonds is 4. The van der Waals surface area contributed by atoms with Gasteiger partial charge in [-0.2, -0.15) is 0 Å². The van der Waals surface area contributed by atoms with E-state index >= 15 is 0 Å². The Balaban J connectivity index is 2.41. The maximum atomic E-state index is 11.3. The summed E-state index contributed by atoms with van der Waals surface area (Å²) >= 11 is 0. The van der Waals surface area contributed by atoms with E-state index in [0.717, 1.165) is 10.9 Å². The van der Waals surface area contributed by atoms with Crippen molar-refractivity contribution in [1.29, 1.82) is 0 Å². The normalized spacial score (nSPS) is 12.3. The monoisotopic (exact) mass is 261 g/mol. The molecule has 0 saturated carbocycles. The van der Waals surface area contributed by atoms with Gasteiger partial charge in [-0.15, -0.1) is 0 Å². The minimum Gasteiger partial charge on any atom is -0.546 e. The van der Waals surface area contributed by atoms with E-state index in [1.54, 1.807) is 26.0 Å². The quantitative estimate of drug-likeness (QED) is 0.767. The van der Waals surface area contributed by atoms with Crippen LogP contribution in [-0.4, -0.2) is 12.1 Å². The van der Waals surface area contributed by atoms with Crippen molar-refractivity contribution in [1.82, 2.24) is 0 Å². The summed E-state index contributed by atoms with van der Waals surface area (Å²) < 4.78 is 10.3. The molecule has 2 aromatic rings. The molecule has 0 aliphatic heterocycles. The standard InChI is InChI=1S/C14H14O5/c1-3-11(14(16)17)18-9-4-5-10-8(2)6-13(15)19-12(10)7-9/h4-7,11H,3H2,1-2H3,(H,16,17)/p-1/t11-/m0/s1. The van der Waals surface area contributed by atoms with Gasteiger partial charge >= 0.3 is 5.63 Å². The van der Waals surface area contributed by atoms with Crippen LogP contribution in [0.25, 0.3) is 11.0 Å². The van der Waals surface area contributed by atoms with Crippen LogP contribution in [0, 0.1) is 6.92 Å². The van der Waals surface area contributed by atoms with Crippen LogP contribution in [0.1, 0.15) is 18.9 Å². The zero-order valence-electron chi connectivity index (χ0n) is 10.6. The molecule has 0 bridgehead atoms. The van der Waals surface area contributed by atoms with Gasteiger partial charge in [0.05, 0.1) is 5.97 Å². The van der Waals surface area contributed by atoms with Gasteiger partial charge in [0.25, 0.3) is 0 Å².